The summed E-state index contributed by atoms with van der Waals surface area (Å²) in [6, 6.07) is -0.453. The summed E-state index contributed by atoms with van der Waals surface area (Å²) in [6.45, 7) is 4.45. The maximum Gasteiger partial charge on any atom is 0.234 e. The van der Waals surface area contributed by atoms with Crippen LogP contribution >= 0.6 is 0 Å². The van der Waals surface area contributed by atoms with Gasteiger partial charge < -0.3 is 25.6 Å². The van der Waals surface area contributed by atoms with Crippen LogP contribution in [0.5, 0.6) is 0 Å². The lowest BCUT2D eigenvalue weighted by Crippen LogP contribution is -2.43. The molecule has 6 heteroatoms. The molecule has 0 saturated heterocycles. The summed E-state index contributed by atoms with van der Waals surface area (Å²) >= 11 is 0. The average molecular weight is 234 g/mol. The van der Waals surface area contributed by atoms with Gasteiger partial charge in [-0.2, -0.15) is 0 Å². The van der Waals surface area contributed by atoms with E-state index < -0.39 is 18.1 Å². The summed E-state index contributed by atoms with van der Waals surface area (Å²) in [7, 11) is 1.59. The highest BCUT2D eigenvalue weighted by Gasteiger charge is 2.12. The molecule has 3 atom stereocenters. The van der Waals surface area contributed by atoms with Crippen molar-refractivity contribution in [1.29, 1.82) is 0 Å². The normalized spacial score (nSPS) is 16.8. The zero-order chi connectivity index (χ0) is 12.6. The van der Waals surface area contributed by atoms with E-state index in [4.69, 9.17) is 15.2 Å². The Bertz CT molecular complexity index is 201. The van der Waals surface area contributed by atoms with Crippen molar-refractivity contribution in [3.8, 4) is 0 Å². The first-order valence-electron chi connectivity index (χ1n) is 5.28. The Morgan fingerprint density at radius 2 is 2.06 bits per heavy atom. The van der Waals surface area contributed by atoms with Gasteiger partial charge in [-0.1, -0.05) is 0 Å². The quantitative estimate of drug-likeness (QED) is 0.469. The van der Waals surface area contributed by atoms with E-state index in [-0.39, 0.29) is 19.3 Å². The molecule has 0 radical (unpaired) electrons. The number of primary amides is 1. The molecule has 0 aliphatic carbocycles. The fourth-order valence-corrected chi connectivity index (χ4v) is 1.03. The van der Waals surface area contributed by atoms with Crippen LogP contribution < -0.4 is 11.1 Å². The fourth-order valence-electron chi connectivity index (χ4n) is 1.03. The number of nitrogens with two attached hydrogens (primary N) is 1. The molecule has 0 aromatic heterocycles. The average Bonchev–Trinajstić information content (AvgIpc) is 2.23. The predicted molar refractivity (Wildman–Crippen MR) is 60.0 cm³/mol. The van der Waals surface area contributed by atoms with Crippen molar-refractivity contribution in [3.05, 3.63) is 0 Å². The number of aliphatic hydroxyl groups is 1. The van der Waals surface area contributed by atoms with Crippen molar-refractivity contribution < 1.29 is 19.4 Å². The number of rotatable bonds is 9. The van der Waals surface area contributed by atoms with Crippen LogP contribution in [0.15, 0.2) is 0 Å². The Labute approximate surface area is 96.1 Å². The molecule has 0 aromatic carbocycles. The monoisotopic (exact) mass is 234 g/mol. The lowest BCUT2D eigenvalue weighted by atomic mass is 10.3. The number of aliphatic hydroxyl groups excluding tert-OH is 1. The predicted octanol–water partition coefficient (Wildman–Crippen LogP) is -1.14. The summed E-state index contributed by atoms with van der Waals surface area (Å²) in [5, 5.41) is 12.3. The van der Waals surface area contributed by atoms with Gasteiger partial charge in [-0.05, 0) is 13.8 Å². The highest BCUT2D eigenvalue weighted by molar-refractivity contribution is 5.79. The Morgan fingerprint density at radius 1 is 1.44 bits per heavy atom. The van der Waals surface area contributed by atoms with Crippen molar-refractivity contribution in [2.24, 2.45) is 5.73 Å². The molecule has 1 amide bonds. The molecule has 16 heavy (non-hydrogen) atoms. The molecule has 0 rings (SSSR count). The van der Waals surface area contributed by atoms with E-state index in [9.17, 15) is 9.90 Å². The molecule has 0 aromatic rings. The summed E-state index contributed by atoms with van der Waals surface area (Å²) in [6.07, 6.45) is -0.727. The van der Waals surface area contributed by atoms with Crippen LogP contribution in [0, 0.1) is 0 Å². The molecule has 0 aliphatic rings. The van der Waals surface area contributed by atoms with Crippen LogP contribution in [0.4, 0.5) is 0 Å². The van der Waals surface area contributed by atoms with Crippen molar-refractivity contribution >= 4 is 5.91 Å². The second kappa shape index (κ2) is 8.46. The van der Waals surface area contributed by atoms with Gasteiger partial charge in [0.05, 0.1) is 31.5 Å². The molecule has 3 unspecified atom stereocenters. The molecule has 0 spiro atoms. The Morgan fingerprint density at radius 3 is 2.56 bits per heavy atom. The molecule has 0 bridgehead atoms. The smallest absolute Gasteiger partial charge is 0.234 e. The van der Waals surface area contributed by atoms with E-state index in [1.807, 2.05) is 6.92 Å². The third-order valence-electron chi connectivity index (χ3n) is 2.06. The molecule has 0 fully saturated rings. The molecule has 6 nitrogen and oxygen atoms in total. The number of carbonyl (C=O) groups excluding carboxylic acids is 1. The summed E-state index contributed by atoms with van der Waals surface area (Å²) in [4.78, 5) is 10.7. The van der Waals surface area contributed by atoms with Gasteiger partial charge in [-0.25, -0.2) is 0 Å². The largest absolute Gasteiger partial charge is 0.389 e. The van der Waals surface area contributed by atoms with Gasteiger partial charge >= 0.3 is 0 Å². The van der Waals surface area contributed by atoms with Gasteiger partial charge in [0, 0.05) is 13.7 Å². The SMILES string of the molecule is COCC(C)OCC(O)CNC(C)C(N)=O. The molecule has 0 heterocycles. The van der Waals surface area contributed by atoms with Gasteiger partial charge in [0.1, 0.15) is 0 Å². The minimum absolute atomic E-state index is 0.0618. The van der Waals surface area contributed by atoms with Gasteiger partial charge in [0.2, 0.25) is 5.91 Å². The van der Waals surface area contributed by atoms with Crippen LogP contribution in [-0.2, 0) is 14.3 Å². The first-order valence-corrected chi connectivity index (χ1v) is 5.28. The molecular formula is C10H22N2O4. The molecule has 0 saturated carbocycles. The van der Waals surface area contributed by atoms with Crippen molar-refractivity contribution in [1.82, 2.24) is 5.32 Å². The molecule has 4 N–H and O–H groups in total. The molecule has 0 aliphatic heterocycles. The van der Waals surface area contributed by atoms with Crippen LogP contribution in [-0.4, -0.2) is 56.1 Å². The summed E-state index contributed by atoms with van der Waals surface area (Å²) in [5.41, 5.74) is 5.05. The van der Waals surface area contributed by atoms with Gasteiger partial charge in [-0.15, -0.1) is 0 Å². The molecule has 96 valence electrons. The highest BCUT2D eigenvalue weighted by atomic mass is 16.5. The van der Waals surface area contributed by atoms with Crippen LogP contribution in [0.25, 0.3) is 0 Å². The third-order valence-corrected chi connectivity index (χ3v) is 2.06. The standard InChI is InChI=1S/C10H22N2O4/c1-7(5-15-3)16-6-9(13)4-12-8(2)10(11)14/h7-9,12-13H,4-6H2,1-3H3,(H2,11,14). The summed E-state index contributed by atoms with van der Waals surface area (Å²) in [5.74, 6) is -0.444. The van der Waals surface area contributed by atoms with Gasteiger partial charge in [-0.3, -0.25) is 4.79 Å². The molecular weight excluding hydrogens is 212 g/mol. The Kier molecular flexibility index (Phi) is 8.10. The number of nitrogens with one attached hydrogen (secondary N) is 1. The van der Waals surface area contributed by atoms with E-state index in [2.05, 4.69) is 5.32 Å². The second-order valence-corrected chi connectivity index (χ2v) is 3.79. The van der Waals surface area contributed by atoms with Crippen LogP contribution in [0.3, 0.4) is 0 Å². The maximum atomic E-state index is 10.7. The minimum Gasteiger partial charge on any atom is -0.389 e. The van der Waals surface area contributed by atoms with Crippen LogP contribution in [0.1, 0.15) is 13.8 Å². The topological polar surface area (TPSA) is 93.8 Å². The van der Waals surface area contributed by atoms with Crippen molar-refractivity contribution in [2.45, 2.75) is 32.1 Å². The minimum atomic E-state index is -0.666. The van der Waals surface area contributed by atoms with Crippen molar-refractivity contribution in [2.75, 3.05) is 26.9 Å². The first kappa shape index (κ1) is 15.3. The lowest BCUT2D eigenvalue weighted by molar-refractivity contribution is -0.119. The summed E-state index contributed by atoms with van der Waals surface area (Å²) < 4.78 is 10.2. The number of hydrogen-bond donors (Lipinski definition) is 3. The van der Waals surface area contributed by atoms with E-state index in [1.54, 1.807) is 14.0 Å². The first-order chi connectivity index (χ1) is 7.47. The lowest BCUT2D eigenvalue weighted by Gasteiger charge is -2.17. The number of hydrogen-bond acceptors (Lipinski definition) is 5. The number of methoxy groups -OCH3 is 1. The van der Waals surface area contributed by atoms with Crippen molar-refractivity contribution in [3.63, 3.8) is 0 Å². The van der Waals surface area contributed by atoms with Gasteiger partial charge in [0.25, 0.3) is 0 Å². The van der Waals surface area contributed by atoms with Crippen LogP contribution in [0.2, 0.25) is 0 Å². The second-order valence-electron chi connectivity index (χ2n) is 3.79. The third kappa shape index (κ3) is 7.58. The number of amides is 1. The Balaban J connectivity index is 3.58. The highest BCUT2D eigenvalue weighted by Crippen LogP contribution is 1.94. The fraction of sp³-hybridized carbons (Fsp3) is 0.900. The van der Waals surface area contributed by atoms with E-state index in [0.29, 0.717) is 6.61 Å². The van der Waals surface area contributed by atoms with E-state index in [1.165, 1.54) is 0 Å². The number of ether oxygens (including phenoxy) is 2. The zero-order valence-corrected chi connectivity index (χ0v) is 10.1. The van der Waals surface area contributed by atoms with E-state index in [0.717, 1.165) is 0 Å². The van der Waals surface area contributed by atoms with Gasteiger partial charge in [0.15, 0.2) is 0 Å². The zero-order valence-electron chi connectivity index (χ0n) is 10.1. The number of carbonyl (C=O) groups is 1. The Hall–Kier alpha value is -0.690. The van der Waals surface area contributed by atoms with E-state index >= 15 is 0 Å². The maximum absolute atomic E-state index is 10.7.